The van der Waals surface area contributed by atoms with Crippen molar-refractivity contribution >= 4 is 33.6 Å². The van der Waals surface area contributed by atoms with Crippen LogP contribution in [-0.2, 0) is 16.6 Å². The molecule has 3 heterocycles. The third-order valence-electron chi connectivity index (χ3n) is 5.22. The second kappa shape index (κ2) is 8.55. The lowest BCUT2D eigenvalue weighted by atomic mass is 10.0. The maximum atomic E-state index is 12.9. The summed E-state index contributed by atoms with van der Waals surface area (Å²) in [6.45, 7) is 7.35. The van der Waals surface area contributed by atoms with E-state index >= 15 is 0 Å². The number of nitrogens with zero attached hydrogens (tertiary/aromatic N) is 4. The number of amidine groups is 1. The third-order valence-corrected chi connectivity index (χ3v) is 5.75. The third kappa shape index (κ3) is 4.73. The smallest absolute Gasteiger partial charge is 0.336 e. The van der Waals surface area contributed by atoms with Crippen molar-refractivity contribution in [3.8, 4) is 11.3 Å². The van der Waals surface area contributed by atoms with Crippen molar-refractivity contribution in [2.75, 3.05) is 0 Å². The molecule has 2 aromatic heterocycles. The number of amides is 1. The molecule has 1 aliphatic heterocycles. The fourth-order valence-corrected chi connectivity index (χ4v) is 3.74. The zero-order chi connectivity index (χ0) is 23.9. The molecule has 33 heavy (non-hydrogen) atoms. The lowest BCUT2D eigenvalue weighted by Gasteiger charge is -2.21. The number of aryl methyl sites for hydroxylation is 1. The van der Waals surface area contributed by atoms with Gasteiger partial charge in [0.1, 0.15) is 11.4 Å². The lowest BCUT2D eigenvalue weighted by molar-refractivity contribution is -0.156. The number of benzene rings is 1. The van der Waals surface area contributed by atoms with Gasteiger partial charge in [-0.15, -0.1) is 0 Å². The Morgan fingerprint density at radius 2 is 1.82 bits per heavy atom. The van der Waals surface area contributed by atoms with E-state index in [9.17, 15) is 9.59 Å². The van der Waals surface area contributed by atoms with Crippen molar-refractivity contribution in [2.24, 2.45) is 12.0 Å². The number of carbonyl (C=O) groups is 2. The van der Waals surface area contributed by atoms with Crippen LogP contribution >= 0.6 is 15.9 Å². The number of halogens is 1. The molecule has 1 amide bonds. The largest absolute Gasteiger partial charge is 0.458 e. The van der Waals surface area contributed by atoms with Crippen molar-refractivity contribution in [3.05, 3.63) is 69.6 Å². The maximum absolute atomic E-state index is 12.9. The number of aromatic nitrogens is 3. The predicted octanol–water partition coefficient (Wildman–Crippen LogP) is 4.13. The molecule has 1 aliphatic rings. The minimum atomic E-state index is -0.906. The molecule has 170 valence electrons. The van der Waals surface area contributed by atoms with Gasteiger partial charge in [0, 0.05) is 45.7 Å². The molecule has 0 radical (unpaired) electrons. The van der Waals surface area contributed by atoms with Crippen LogP contribution in [0, 0.1) is 6.92 Å². The van der Waals surface area contributed by atoms with Gasteiger partial charge in [0.05, 0.1) is 11.9 Å². The second-order valence-corrected chi connectivity index (χ2v) is 9.71. The SMILES string of the molecule is Cc1c(-c2cc3c(cn2)C(C(=O)OC(C)(C)C)N=C3NC(=O)c2ccc(Br)cc2)cnn1C. The molecule has 0 fully saturated rings. The summed E-state index contributed by atoms with van der Waals surface area (Å²) in [5.41, 5.74) is 3.50. The van der Waals surface area contributed by atoms with Crippen LogP contribution < -0.4 is 5.32 Å². The monoisotopic (exact) mass is 509 g/mol. The highest BCUT2D eigenvalue weighted by Crippen LogP contribution is 2.33. The molecule has 3 aromatic rings. The van der Waals surface area contributed by atoms with Crippen LogP contribution in [0.1, 0.15) is 54.0 Å². The normalized spacial score (nSPS) is 15.1. The molecule has 0 saturated carbocycles. The van der Waals surface area contributed by atoms with E-state index in [1.165, 1.54) is 0 Å². The fourth-order valence-electron chi connectivity index (χ4n) is 3.47. The molecular formula is C24H24BrN5O3. The number of fused-ring (bicyclic) bond motifs is 1. The molecule has 0 spiro atoms. The van der Waals surface area contributed by atoms with Gasteiger partial charge in [0.25, 0.3) is 5.91 Å². The molecule has 0 aliphatic carbocycles. The highest BCUT2D eigenvalue weighted by molar-refractivity contribution is 9.10. The number of hydrogen-bond donors (Lipinski definition) is 1. The molecule has 4 rings (SSSR count). The number of aliphatic imine (C=N–C) groups is 1. The van der Waals surface area contributed by atoms with E-state index in [4.69, 9.17) is 4.74 Å². The van der Waals surface area contributed by atoms with Crippen LogP contribution in [0.4, 0.5) is 0 Å². The molecule has 1 aromatic carbocycles. The number of nitrogens with one attached hydrogen (secondary N) is 1. The van der Waals surface area contributed by atoms with Crippen LogP contribution in [0.5, 0.6) is 0 Å². The van der Waals surface area contributed by atoms with E-state index in [0.717, 1.165) is 15.7 Å². The topological polar surface area (TPSA) is 98.5 Å². The minimum Gasteiger partial charge on any atom is -0.458 e. The predicted molar refractivity (Wildman–Crippen MR) is 128 cm³/mol. The van der Waals surface area contributed by atoms with Crippen LogP contribution in [0.25, 0.3) is 11.3 Å². The Balaban J connectivity index is 1.73. The summed E-state index contributed by atoms with van der Waals surface area (Å²) in [4.78, 5) is 34.9. The Kier molecular flexibility index (Phi) is 5.92. The Morgan fingerprint density at radius 1 is 1.12 bits per heavy atom. The Labute approximate surface area is 200 Å². The van der Waals surface area contributed by atoms with Gasteiger partial charge in [-0.2, -0.15) is 5.10 Å². The zero-order valence-electron chi connectivity index (χ0n) is 19.0. The number of ether oxygens (including phenoxy) is 1. The van der Waals surface area contributed by atoms with Crippen LogP contribution in [0.3, 0.4) is 0 Å². The van der Waals surface area contributed by atoms with Crippen molar-refractivity contribution in [3.63, 3.8) is 0 Å². The number of rotatable bonds is 3. The summed E-state index contributed by atoms with van der Waals surface area (Å²) < 4.78 is 8.19. The van der Waals surface area contributed by atoms with E-state index in [1.807, 2.05) is 20.0 Å². The summed E-state index contributed by atoms with van der Waals surface area (Å²) in [7, 11) is 1.86. The van der Waals surface area contributed by atoms with Crippen molar-refractivity contribution < 1.29 is 14.3 Å². The minimum absolute atomic E-state index is 0.305. The average Bonchev–Trinajstić information content (AvgIpc) is 3.27. The fraction of sp³-hybridized carbons (Fsp3) is 0.292. The zero-order valence-corrected chi connectivity index (χ0v) is 20.6. The molecule has 9 heteroatoms. The van der Waals surface area contributed by atoms with E-state index in [-0.39, 0.29) is 5.91 Å². The Morgan fingerprint density at radius 3 is 2.42 bits per heavy atom. The van der Waals surface area contributed by atoms with Crippen molar-refractivity contribution in [1.29, 1.82) is 0 Å². The summed E-state index contributed by atoms with van der Waals surface area (Å²) >= 11 is 3.37. The van der Waals surface area contributed by atoms with Gasteiger partial charge in [0.15, 0.2) is 6.04 Å². The maximum Gasteiger partial charge on any atom is 0.336 e. The van der Waals surface area contributed by atoms with Crippen molar-refractivity contribution in [2.45, 2.75) is 39.3 Å². The number of esters is 1. The van der Waals surface area contributed by atoms with E-state index in [1.54, 1.807) is 62.1 Å². The van der Waals surface area contributed by atoms with Crippen LogP contribution in [-0.4, -0.2) is 38.1 Å². The van der Waals surface area contributed by atoms with Crippen LogP contribution in [0.2, 0.25) is 0 Å². The van der Waals surface area contributed by atoms with Crippen LogP contribution in [0.15, 0.2) is 52.2 Å². The first-order valence-corrected chi connectivity index (χ1v) is 11.2. The second-order valence-electron chi connectivity index (χ2n) is 8.80. The molecule has 0 saturated heterocycles. The first kappa shape index (κ1) is 22.8. The molecule has 1 N–H and O–H groups in total. The van der Waals surface area contributed by atoms with Gasteiger partial charge in [0.2, 0.25) is 0 Å². The standard InChI is InChI=1S/C24H24BrN5O3/c1-13-17(12-27-30(13)5)19-10-16-18(11-26-19)20(23(32)33-24(2,3)4)28-21(16)29-22(31)14-6-8-15(25)9-7-14/h6-12,20H,1-5H3,(H,28,29,31). The van der Waals surface area contributed by atoms with Gasteiger partial charge in [-0.05, 0) is 58.0 Å². The van der Waals surface area contributed by atoms with E-state index in [0.29, 0.717) is 28.2 Å². The number of carbonyl (C=O) groups excluding carboxylic acids is 2. The molecular weight excluding hydrogens is 486 g/mol. The molecule has 1 atom stereocenters. The number of hydrogen-bond acceptors (Lipinski definition) is 6. The van der Waals surface area contributed by atoms with Crippen molar-refractivity contribution in [1.82, 2.24) is 20.1 Å². The van der Waals surface area contributed by atoms with E-state index < -0.39 is 17.6 Å². The van der Waals surface area contributed by atoms with E-state index in [2.05, 4.69) is 36.3 Å². The summed E-state index contributed by atoms with van der Waals surface area (Å²) in [6.07, 6.45) is 3.36. The highest BCUT2D eigenvalue weighted by atomic mass is 79.9. The van der Waals surface area contributed by atoms with Gasteiger partial charge in [-0.1, -0.05) is 15.9 Å². The first-order valence-electron chi connectivity index (χ1n) is 10.4. The summed E-state index contributed by atoms with van der Waals surface area (Å²) in [5, 5.41) is 7.14. The average molecular weight is 510 g/mol. The Hall–Kier alpha value is -3.33. The van der Waals surface area contributed by atoms with Gasteiger partial charge in [-0.25, -0.2) is 9.79 Å². The Bertz CT molecular complexity index is 1270. The molecule has 8 nitrogen and oxygen atoms in total. The van der Waals surface area contributed by atoms with Gasteiger partial charge < -0.3 is 10.1 Å². The van der Waals surface area contributed by atoms with Gasteiger partial charge >= 0.3 is 5.97 Å². The quantitative estimate of drug-likeness (QED) is 0.535. The molecule has 0 bridgehead atoms. The first-order chi connectivity index (χ1) is 15.5. The summed E-state index contributed by atoms with van der Waals surface area (Å²) in [6, 6.07) is 7.91. The highest BCUT2D eigenvalue weighted by Gasteiger charge is 2.35. The summed E-state index contributed by atoms with van der Waals surface area (Å²) in [5.74, 6) is -0.518. The molecule has 1 unspecified atom stereocenters. The lowest BCUT2D eigenvalue weighted by Crippen LogP contribution is -2.30. The van der Waals surface area contributed by atoms with Gasteiger partial charge in [-0.3, -0.25) is 14.5 Å². The number of pyridine rings is 1.